The summed E-state index contributed by atoms with van der Waals surface area (Å²) < 4.78 is 4.89. The smallest absolute Gasteiger partial charge is 0.308 e. The van der Waals surface area contributed by atoms with Crippen molar-refractivity contribution >= 4 is 11.9 Å². The van der Waals surface area contributed by atoms with Crippen molar-refractivity contribution in [2.24, 2.45) is 5.92 Å². The summed E-state index contributed by atoms with van der Waals surface area (Å²) in [6.45, 7) is 2.55. The zero-order valence-corrected chi connectivity index (χ0v) is 9.55. The van der Waals surface area contributed by atoms with Gasteiger partial charge >= 0.3 is 5.97 Å². The van der Waals surface area contributed by atoms with E-state index in [9.17, 15) is 9.59 Å². The number of aromatic nitrogens is 1. The third-order valence-electron chi connectivity index (χ3n) is 3.00. The Morgan fingerprint density at radius 3 is 2.94 bits per heavy atom. The first-order chi connectivity index (χ1) is 8.09. The van der Waals surface area contributed by atoms with Gasteiger partial charge in [0.25, 0.3) is 5.91 Å². The fourth-order valence-corrected chi connectivity index (χ4v) is 2.00. The predicted molar refractivity (Wildman–Crippen MR) is 57.5 cm³/mol. The van der Waals surface area contributed by atoms with Crippen LogP contribution in [0.4, 0.5) is 0 Å². The molecule has 6 nitrogen and oxygen atoms in total. The standard InChI is InChI=1S/C11H14N2O4/c1-7-5-12-17-9(7)10(14)13-4-2-3-8(6-13)11(15)16/h5,8H,2-4,6H2,1H3,(H,15,16). The van der Waals surface area contributed by atoms with Gasteiger partial charge in [-0.15, -0.1) is 0 Å². The molecule has 0 radical (unpaired) electrons. The molecule has 0 spiro atoms. The molecule has 6 heteroatoms. The van der Waals surface area contributed by atoms with Crippen LogP contribution < -0.4 is 0 Å². The van der Waals surface area contributed by atoms with Gasteiger partial charge in [0.05, 0.1) is 12.1 Å². The van der Waals surface area contributed by atoms with E-state index < -0.39 is 11.9 Å². The summed E-state index contributed by atoms with van der Waals surface area (Å²) in [5.74, 6) is -1.39. The molecule has 1 aromatic heterocycles. The highest BCUT2D eigenvalue weighted by atomic mass is 16.5. The Morgan fingerprint density at radius 2 is 2.35 bits per heavy atom. The Balaban J connectivity index is 2.10. The van der Waals surface area contributed by atoms with Gasteiger partial charge in [-0.2, -0.15) is 0 Å². The van der Waals surface area contributed by atoms with Crippen molar-refractivity contribution in [2.45, 2.75) is 19.8 Å². The van der Waals surface area contributed by atoms with Crippen molar-refractivity contribution in [1.29, 1.82) is 0 Å². The third kappa shape index (κ3) is 2.30. The van der Waals surface area contributed by atoms with Crippen LogP contribution in [0.3, 0.4) is 0 Å². The highest BCUT2D eigenvalue weighted by Gasteiger charge is 2.30. The summed E-state index contributed by atoms with van der Waals surface area (Å²) in [5.41, 5.74) is 0.674. The second kappa shape index (κ2) is 4.57. The summed E-state index contributed by atoms with van der Waals surface area (Å²) in [7, 11) is 0. The number of carboxylic acid groups (broad SMARTS) is 1. The van der Waals surface area contributed by atoms with Crippen molar-refractivity contribution in [2.75, 3.05) is 13.1 Å². The molecule has 1 amide bonds. The van der Waals surface area contributed by atoms with Crippen molar-refractivity contribution < 1.29 is 19.2 Å². The number of carbonyl (C=O) groups is 2. The monoisotopic (exact) mass is 238 g/mol. The number of likely N-dealkylation sites (tertiary alicyclic amines) is 1. The molecule has 1 atom stereocenters. The number of piperidine rings is 1. The molecule has 2 heterocycles. The number of aryl methyl sites for hydroxylation is 1. The van der Waals surface area contributed by atoms with E-state index in [1.54, 1.807) is 6.92 Å². The summed E-state index contributed by atoms with van der Waals surface area (Å²) >= 11 is 0. The quantitative estimate of drug-likeness (QED) is 0.828. The van der Waals surface area contributed by atoms with Gasteiger partial charge in [0.2, 0.25) is 5.76 Å². The molecule has 17 heavy (non-hydrogen) atoms. The van der Waals surface area contributed by atoms with Crippen LogP contribution in [0.1, 0.15) is 29.0 Å². The maximum atomic E-state index is 12.0. The topological polar surface area (TPSA) is 83.6 Å². The van der Waals surface area contributed by atoms with E-state index >= 15 is 0 Å². The molecule has 1 saturated heterocycles. The number of rotatable bonds is 2. The zero-order valence-electron chi connectivity index (χ0n) is 9.55. The normalized spacial score (nSPS) is 20.3. The molecule has 1 unspecified atom stereocenters. The van der Waals surface area contributed by atoms with E-state index in [-0.39, 0.29) is 18.2 Å². The largest absolute Gasteiger partial charge is 0.481 e. The number of amides is 1. The predicted octanol–water partition coefficient (Wildman–Crippen LogP) is 0.920. The first-order valence-corrected chi connectivity index (χ1v) is 5.53. The molecular formula is C11H14N2O4. The lowest BCUT2D eigenvalue weighted by Crippen LogP contribution is -2.42. The van der Waals surface area contributed by atoms with Gasteiger partial charge in [0.1, 0.15) is 0 Å². The van der Waals surface area contributed by atoms with E-state index in [1.165, 1.54) is 11.1 Å². The highest BCUT2D eigenvalue weighted by Crippen LogP contribution is 2.19. The lowest BCUT2D eigenvalue weighted by molar-refractivity contribution is -0.143. The molecule has 1 aliphatic rings. The Hall–Kier alpha value is -1.85. The number of nitrogens with zero attached hydrogens (tertiary/aromatic N) is 2. The first kappa shape index (κ1) is 11.6. The average molecular weight is 238 g/mol. The molecule has 0 bridgehead atoms. The van der Waals surface area contributed by atoms with Crippen LogP contribution in [0.2, 0.25) is 0 Å². The van der Waals surface area contributed by atoms with Gasteiger partial charge in [-0.05, 0) is 19.8 Å². The molecule has 1 aliphatic heterocycles. The maximum Gasteiger partial charge on any atom is 0.308 e. The molecular weight excluding hydrogens is 224 g/mol. The van der Waals surface area contributed by atoms with Gasteiger partial charge in [0.15, 0.2) is 0 Å². The third-order valence-corrected chi connectivity index (χ3v) is 3.00. The van der Waals surface area contributed by atoms with Crippen LogP contribution in [-0.4, -0.2) is 40.1 Å². The fraction of sp³-hybridized carbons (Fsp3) is 0.545. The maximum absolute atomic E-state index is 12.0. The van der Waals surface area contributed by atoms with E-state index in [0.717, 1.165) is 0 Å². The SMILES string of the molecule is Cc1cnoc1C(=O)N1CCCC(C(=O)O)C1. The second-order valence-electron chi connectivity index (χ2n) is 4.27. The molecule has 1 N–H and O–H groups in total. The highest BCUT2D eigenvalue weighted by molar-refractivity contribution is 5.93. The van der Waals surface area contributed by atoms with E-state index in [0.29, 0.717) is 24.9 Å². The van der Waals surface area contributed by atoms with Crippen LogP contribution in [0.25, 0.3) is 0 Å². The van der Waals surface area contributed by atoms with Crippen LogP contribution in [0.15, 0.2) is 10.7 Å². The summed E-state index contributed by atoms with van der Waals surface area (Å²) in [4.78, 5) is 24.5. The average Bonchev–Trinajstić information content (AvgIpc) is 2.74. The fourth-order valence-electron chi connectivity index (χ4n) is 2.00. The minimum Gasteiger partial charge on any atom is -0.481 e. The number of hydrogen-bond acceptors (Lipinski definition) is 4. The van der Waals surface area contributed by atoms with Crippen molar-refractivity contribution in [3.63, 3.8) is 0 Å². The summed E-state index contributed by atoms with van der Waals surface area (Å²) in [6, 6.07) is 0. The number of carboxylic acids is 1. The first-order valence-electron chi connectivity index (χ1n) is 5.53. The Labute approximate surface area is 98.2 Å². The lowest BCUT2D eigenvalue weighted by atomic mass is 9.98. The van der Waals surface area contributed by atoms with Gasteiger partial charge in [-0.3, -0.25) is 9.59 Å². The van der Waals surface area contributed by atoms with Crippen molar-refractivity contribution in [1.82, 2.24) is 10.1 Å². The van der Waals surface area contributed by atoms with Crippen LogP contribution in [0, 0.1) is 12.8 Å². The van der Waals surface area contributed by atoms with E-state index in [4.69, 9.17) is 9.63 Å². The van der Waals surface area contributed by atoms with Gasteiger partial charge in [-0.1, -0.05) is 5.16 Å². The van der Waals surface area contributed by atoms with E-state index in [1.807, 2.05) is 0 Å². The van der Waals surface area contributed by atoms with Gasteiger partial charge in [0, 0.05) is 18.7 Å². The minimum atomic E-state index is -0.850. The Morgan fingerprint density at radius 1 is 1.59 bits per heavy atom. The summed E-state index contributed by atoms with van der Waals surface area (Å²) in [5, 5.41) is 12.5. The number of carbonyl (C=O) groups excluding carboxylic acids is 1. The lowest BCUT2D eigenvalue weighted by Gasteiger charge is -2.29. The minimum absolute atomic E-state index is 0.205. The Kier molecular flexibility index (Phi) is 3.12. The van der Waals surface area contributed by atoms with Gasteiger partial charge in [-0.25, -0.2) is 0 Å². The molecule has 1 aromatic rings. The molecule has 1 fully saturated rings. The van der Waals surface area contributed by atoms with Crippen LogP contribution in [-0.2, 0) is 4.79 Å². The summed E-state index contributed by atoms with van der Waals surface area (Å²) in [6.07, 6.45) is 2.80. The molecule has 2 rings (SSSR count). The number of aliphatic carboxylic acids is 1. The molecule has 0 aromatic carbocycles. The van der Waals surface area contributed by atoms with E-state index in [2.05, 4.69) is 5.16 Å². The second-order valence-corrected chi connectivity index (χ2v) is 4.27. The molecule has 0 aliphatic carbocycles. The van der Waals surface area contributed by atoms with Crippen LogP contribution >= 0.6 is 0 Å². The molecule has 0 saturated carbocycles. The Bertz CT molecular complexity index is 440. The zero-order chi connectivity index (χ0) is 12.4. The van der Waals surface area contributed by atoms with Crippen molar-refractivity contribution in [3.05, 3.63) is 17.5 Å². The van der Waals surface area contributed by atoms with Crippen molar-refractivity contribution in [3.8, 4) is 0 Å². The van der Waals surface area contributed by atoms with Crippen LogP contribution in [0.5, 0.6) is 0 Å². The number of hydrogen-bond donors (Lipinski definition) is 1. The molecule has 92 valence electrons. The van der Waals surface area contributed by atoms with Gasteiger partial charge < -0.3 is 14.5 Å².